The smallest absolute Gasteiger partial charge is 0.138 e. The molecule has 0 radical (unpaired) electrons. The second kappa shape index (κ2) is 5.24. The van der Waals surface area contributed by atoms with E-state index in [2.05, 4.69) is 27.3 Å². The third-order valence-electron chi connectivity index (χ3n) is 2.90. The highest BCUT2D eigenvalue weighted by molar-refractivity contribution is 6.32. The number of H-pyrrole nitrogens is 1. The summed E-state index contributed by atoms with van der Waals surface area (Å²) >= 11 is 6.06. The van der Waals surface area contributed by atoms with E-state index in [4.69, 9.17) is 11.6 Å². The summed E-state index contributed by atoms with van der Waals surface area (Å²) < 4.78 is 0. The van der Waals surface area contributed by atoms with Gasteiger partial charge in [-0.05, 0) is 23.8 Å². The molecule has 3 aromatic rings. The molecule has 0 aliphatic heterocycles. The van der Waals surface area contributed by atoms with Crippen molar-refractivity contribution in [2.75, 3.05) is 0 Å². The number of rotatable bonds is 3. The molecule has 1 N–H and O–H groups in total. The SMILES string of the molecule is Clc1ncccc1-c1cc(Cc2ccccc2)[nH]n1. The van der Waals surface area contributed by atoms with E-state index in [1.54, 1.807) is 6.20 Å². The lowest BCUT2D eigenvalue weighted by molar-refractivity contribution is 0.998. The number of aromatic nitrogens is 3. The normalized spacial score (nSPS) is 10.6. The molecule has 0 fully saturated rings. The van der Waals surface area contributed by atoms with Crippen molar-refractivity contribution in [3.63, 3.8) is 0 Å². The molecule has 3 nitrogen and oxygen atoms in total. The van der Waals surface area contributed by atoms with Crippen LogP contribution in [0.2, 0.25) is 5.15 Å². The van der Waals surface area contributed by atoms with Crippen LogP contribution in [0.15, 0.2) is 54.7 Å². The first kappa shape index (κ1) is 11.9. The lowest BCUT2D eigenvalue weighted by Crippen LogP contribution is -1.87. The van der Waals surface area contributed by atoms with Gasteiger partial charge in [0.15, 0.2) is 0 Å². The van der Waals surface area contributed by atoms with Crippen LogP contribution in [-0.4, -0.2) is 15.2 Å². The highest BCUT2D eigenvalue weighted by Gasteiger charge is 2.08. The van der Waals surface area contributed by atoms with Crippen molar-refractivity contribution >= 4 is 11.6 Å². The Bertz CT molecular complexity index is 677. The fourth-order valence-electron chi connectivity index (χ4n) is 1.98. The molecule has 0 aliphatic carbocycles. The Morgan fingerprint density at radius 3 is 2.68 bits per heavy atom. The highest BCUT2D eigenvalue weighted by Crippen LogP contribution is 2.24. The summed E-state index contributed by atoms with van der Waals surface area (Å²) in [4.78, 5) is 4.06. The molecule has 2 aromatic heterocycles. The Morgan fingerprint density at radius 1 is 1.05 bits per heavy atom. The number of pyridine rings is 1. The van der Waals surface area contributed by atoms with E-state index in [0.717, 1.165) is 23.4 Å². The standard InChI is InChI=1S/C15H12ClN3/c16-15-13(7-4-8-17-15)14-10-12(18-19-14)9-11-5-2-1-3-6-11/h1-8,10H,9H2,(H,18,19). The quantitative estimate of drug-likeness (QED) is 0.737. The average Bonchev–Trinajstić information content (AvgIpc) is 2.89. The van der Waals surface area contributed by atoms with E-state index in [1.807, 2.05) is 36.4 Å². The largest absolute Gasteiger partial charge is 0.282 e. The summed E-state index contributed by atoms with van der Waals surface area (Å²) in [5, 5.41) is 7.81. The van der Waals surface area contributed by atoms with Gasteiger partial charge in [0.1, 0.15) is 5.15 Å². The molecule has 0 amide bonds. The van der Waals surface area contributed by atoms with Crippen LogP contribution in [0, 0.1) is 0 Å². The van der Waals surface area contributed by atoms with Gasteiger partial charge in [0.25, 0.3) is 0 Å². The fourth-order valence-corrected chi connectivity index (χ4v) is 2.20. The second-order valence-corrected chi connectivity index (χ2v) is 4.64. The summed E-state index contributed by atoms with van der Waals surface area (Å²) in [7, 11) is 0. The maximum Gasteiger partial charge on any atom is 0.138 e. The average molecular weight is 270 g/mol. The summed E-state index contributed by atoms with van der Waals surface area (Å²) in [5.74, 6) is 0. The number of nitrogens with one attached hydrogen (secondary N) is 1. The molecule has 0 bridgehead atoms. The number of benzene rings is 1. The third kappa shape index (κ3) is 2.66. The zero-order valence-electron chi connectivity index (χ0n) is 10.2. The van der Waals surface area contributed by atoms with Crippen LogP contribution >= 0.6 is 11.6 Å². The number of nitrogens with zero attached hydrogens (tertiary/aromatic N) is 2. The van der Waals surface area contributed by atoms with Gasteiger partial charge in [0, 0.05) is 23.9 Å². The number of halogens is 1. The lowest BCUT2D eigenvalue weighted by atomic mass is 10.1. The van der Waals surface area contributed by atoms with E-state index in [1.165, 1.54) is 5.56 Å². The van der Waals surface area contributed by atoms with Gasteiger partial charge in [-0.1, -0.05) is 41.9 Å². The van der Waals surface area contributed by atoms with Crippen LogP contribution in [0.3, 0.4) is 0 Å². The zero-order chi connectivity index (χ0) is 13.1. The minimum absolute atomic E-state index is 0.472. The predicted octanol–water partition coefficient (Wildman–Crippen LogP) is 3.72. The molecule has 2 heterocycles. The van der Waals surface area contributed by atoms with E-state index >= 15 is 0 Å². The van der Waals surface area contributed by atoms with Crippen LogP contribution in [0.4, 0.5) is 0 Å². The van der Waals surface area contributed by atoms with Gasteiger partial charge >= 0.3 is 0 Å². The number of hydrogen-bond donors (Lipinski definition) is 1. The Hall–Kier alpha value is -2.13. The summed E-state index contributed by atoms with van der Waals surface area (Å²) in [5.41, 5.74) is 3.97. The van der Waals surface area contributed by atoms with Crippen molar-refractivity contribution in [3.8, 4) is 11.3 Å². The van der Waals surface area contributed by atoms with Gasteiger partial charge in [-0.25, -0.2) is 4.98 Å². The first-order chi connectivity index (χ1) is 9.33. The molecule has 0 saturated heterocycles. The molecule has 94 valence electrons. The Morgan fingerprint density at radius 2 is 1.89 bits per heavy atom. The van der Waals surface area contributed by atoms with Crippen LogP contribution in [0.25, 0.3) is 11.3 Å². The van der Waals surface area contributed by atoms with E-state index in [-0.39, 0.29) is 0 Å². The Balaban J connectivity index is 1.86. The van der Waals surface area contributed by atoms with Crippen LogP contribution in [0.5, 0.6) is 0 Å². The molecule has 0 aliphatic rings. The minimum Gasteiger partial charge on any atom is -0.282 e. The van der Waals surface area contributed by atoms with Gasteiger partial charge in [-0.3, -0.25) is 5.10 Å². The highest BCUT2D eigenvalue weighted by atomic mass is 35.5. The van der Waals surface area contributed by atoms with E-state index in [0.29, 0.717) is 5.15 Å². The summed E-state index contributed by atoms with van der Waals surface area (Å²) in [6, 6.07) is 16.0. The predicted molar refractivity (Wildman–Crippen MR) is 76.1 cm³/mol. The van der Waals surface area contributed by atoms with Gasteiger partial charge < -0.3 is 0 Å². The molecule has 0 unspecified atom stereocenters. The van der Waals surface area contributed by atoms with Crippen molar-refractivity contribution in [1.82, 2.24) is 15.2 Å². The first-order valence-corrected chi connectivity index (χ1v) is 6.40. The summed E-state index contributed by atoms with van der Waals surface area (Å²) in [6.07, 6.45) is 2.50. The van der Waals surface area contributed by atoms with E-state index in [9.17, 15) is 0 Å². The molecule has 19 heavy (non-hydrogen) atoms. The molecule has 4 heteroatoms. The maximum atomic E-state index is 6.06. The lowest BCUT2D eigenvalue weighted by Gasteiger charge is -1.98. The molecule has 0 atom stereocenters. The number of hydrogen-bond acceptors (Lipinski definition) is 2. The molecule has 1 aromatic carbocycles. The monoisotopic (exact) mass is 269 g/mol. The first-order valence-electron chi connectivity index (χ1n) is 6.02. The van der Waals surface area contributed by atoms with Gasteiger partial charge in [0.05, 0.1) is 5.69 Å². The van der Waals surface area contributed by atoms with Crippen molar-refractivity contribution in [1.29, 1.82) is 0 Å². The van der Waals surface area contributed by atoms with Crippen molar-refractivity contribution in [2.45, 2.75) is 6.42 Å². The molecule has 0 spiro atoms. The van der Waals surface area contributed by atoms with E-state index < -0.39 is 0 Å². The van der Waals surface area contributed by atoms with Gasteiger partial charge in [0.2, 0.25) is 0 Å². The van der Waals surface area contributed by atoms with Gasteiger partial charge in [-0.2, -0.15) is 5.10 Å². The maximum absolute atomic E-state index is 6.06. The molecule has 0 saturated carbocycles. The molecule has 3 rings (SSSR count). The van der Waals surface area contributed by atoms with Crippen LogP contribution in [0.1, 0.15) is 11.3 Å². The summed E-state index contributed by atoms with van der Waals surface area (Å²) in [6.45, 7) is 0. The second-order valence-electron chi connectivity index (χ2n) is 4.28. The minimum atomic E-state index is 0.472. The topological polar surface area (TPSA) is 41.6 Å². The molecular weight excluding hydrogens is 258 g/mol. The fraction of sp³-hybridized carbons (Fsp3) is 0.0667. The van der Waals surface area contributed by atoms with Crippen molar-refractivity contribution < 1.29 is 0 Å². The third-order valence-corrected chi connectivity index (χ3v) is 3.20. The zero-order valence-corrected chi connectivity index (χ0v) is 10.9. The molecular formula is C15H12ClN3. The van der Waals surface area contributed by atoms with Crippen molar-refractivity contribution in [2.24, 2.45) is 0 Å². The van der Waals surface area contributed by atoms with Crippen LogP contribution in [-0.2, 0) is 6.42 Å². The Labute approximate surface area is 116 Å². The Kier molecular flexibility index (Phi) is 3.29. The van der Waals surface area contributed by atoms with Gasteiger partial charge in [-0.15, -0.1) is 0 Å². The van der Waals surface area contributed by atoms with Crippen molar-refractivity contribution in [3.05, 3.63) is 71.1 Å². The number of aromatic amines is 1. The van der Waals surface area contributed by atoms with Crippen LogP contribution < -0.4 is 0 Å².